The Morgan fingerprint density at radius 3 is 2.52 bits per heavy atom. The maximum absolute atomic E-state index is 12.7. The first-order chi connectivity index (χ1) is 9.91. The van der Waals surface area contributed by atoms with Gasteiger partial charge in [0.2, 0.25) is 0 Å². The van der Waals surface area contributed by atoms with Crippen molar-refractivity contribution in [1.82, 2.24) is 4.90 Å². The maximum atomic E-state index is 12.7. The summed E-state index contributed by atoms with van der Waals surface area (Å²) >= 11 is 0. The Morgan fingerprint density at radius 2 is 1.95 bits per heavy atom. The topological polar surface area (TPSA) is 46.3 Å². The quantitative estimate of drug-likeness (QED) is 0.933. The lowest BCUT2D eigenvalue weighted by atomic mass is 9.93. The van der Waals surface area contributed by atoms with Gasteiger partial charge < -0.3 is 10.6 Å². The second kappa shape index (κ2) is 6.47. The molecule has 116 valence electrons. The van der Waals surface area contributed by atoms with E-state index in [-0.39, 0.29) is 11.5 Å². The van der Waals surface area contributed by atoms with Crippen molar-refractivity contribution in [2.75, 3.05) is 19.6 Å². The zero-order chi connectivity index (χ0) is 15.5. The molecule has 0 bridgehead atoms. The van der Waals surface area contributed by atoms with Crippen molar-refractivity contribution in [3.63, 3.8) is 0 Å². The van der Waals surface area contributed by atoms with Crippen molar-refractivity contribution in [3.05, 3.63) is 35.4 Å². The Balaban J connectivity index is 2.04. The summed E-state index contributed by atoms with van der Waals surface area (Å²) in [5.74, 6) is 0.188. The summed E-state index contributed by atoms with van der Waals surface area (Å²) < 4.78 is 38.0. The van der Waals surface area contributed by atoms with Gasteiger partial charge in [-0.2, -0.15) is 13.2 Å². The number of nitrogens with two attached hydrogens (primary N) is 1. The van der Waals surface area contributed by atoms with Crippen LogP contribution in [0.25, 0.3) is 0 Å². The van der Waals surface area contributed by atoms with Crippen molar-refractivity contribution >= 4 is 5.91 Å². The van der Waals surface area contributed by atoms with Crippen LogP contribution in [-0.4, -0.2) is 30.4 Å². The van der Waals surface area contributed by atoms with E-state index in [1.807, 2.05) is 0 Å². The van der Waals surface area contributed by atoms with Crippen LogP contribution in [0.2, 0.25) is 0 Å². The molecule has 2 N–H and O–H groups in total. The third-order valence-corrected chi connectivity index (χ3v) is 3.91. The molecule has 0 atom stereocenters. The highest BCUT2D eigenvalue weighted by Gasteiger charge is 2.31. The van der Waals surface area contributed by atoms with E-state index in [1.54, 1.807) is 4.90 Å². The molecule has 1 aromatic carbocycles. The molecule has 1 amide bonds. The van der Waals surface area contributed by atoms with Gasteiger partial charge in [-0.05, 0) is 49.9 Å². The van der Waals surface area contributed by atoms with Crippen molar-refractivity contribution in [2.45, 2.75) is 25.4 Å². The number of alkyl halides is 3. The first-order valence-corrected chi connectivity index (χ1v) is 7.08. The van der Waals surface area contributed by atoms with Crippen molar-refractivity contribution in [3.8, 4) is 0 Å². The molecule has 1 aliphatic heterocycles. The molecule has 0 aliphatic carbocycles. The van der Waals surface area contributed by atoms with E-state index < -0.39 is 11.7 Å². The minimum absolute atomic E-state index is 0.0992. The van der Waals surface area contributed by atoms with Crippen LogP contribution in [-0.2, 0) is 6.18 Å². The molecule has 1 aromatic rings. The number of rotatable bonds is 3. The molecule has 0 unspecified atom stereocenters. The summed E-state index contributed by atoms with van der Waals surface area (Å²) in [6.07, 6.45) is -1.76. The van der Waals surface area contributed by atoms with E-state index in [2.05, 4.69) is 0 Å². The molecule has 1 fully saturated rings. The van der Waals surface area contributed by atoms with Crippen LogP contribution < -0.4 is 5.73 Å². The summed E-state index contributed by atoms with van der Waals surface area (Å²) in [6.45, 7) is 1.80. The van der Waals surface area contributed by atoms with Gasteiger partial charge in [0.05, 0.1) is 5.56 Å². The SMILES string of the molecule is NCCC1CCN(C(=O)c2cccc(C(F)(F)F)c2)CC1. The van der Waals surface area contributed by atoms with Gasteiger partial charge in [0.15, 0.2) is 0 Å². The molecule has 2 rings (SSSR count). The Hall–Kier alpha value is -1.56. The summed E-state index contributed by atoms with van der Waals surface area (Å²) in [7, 11) is 0. The summed E-state index contributed by atoms with van der Waals surface area (Å²) in [5.41, 5.74) is 4.83. The minimum atomic E-state index is -4.43. The predicted octanol–water partition coefficient (Wildman–Crippen LogP) is 2.91. The zero-order valence-corrected chi connectivity index (χ0v) is 11.7. The smallest absolute Gasteiger partial charge is 0.339 e. The number of likely N-dealkylation sites (tertiary alicyclic amines) is 1. The van der Waals surface area contributed by atoms with Gasteiger partial charge in [-0.1, -0.05) is 6.07 Å². The van der Waals surface area contributed by atoms with Crippen LogP contribution in [0.3, 0.4) is 0 Å². The second-order valence-electron chi connectivity index (χ2n) is 5.39. The van der Waals surface area contributed by atoms with E-state index in [1.165, 1.54) is 12.1 Å². The van der Waals surface area contributed by atoms with Crippen LogP contribution >= 0.6 is 0 Å². The van der Waals surface area contributed by atoms with Gasteiger partial charge >= 0.3 is 6.18 Å². The average molecular weight is 300 g/mol. The van der Waals surface area contributed by atoms with Gasteiger partial charge in [-0.15, -0.1) is 0 Å². The van der Waals surface area contributed by atoms with E-state index in [0.29, 0.717) is 25.6 Å². The highest BCUT2D eigenvalue weighted by atomic mass is 19.4. The number of carbonyl (C=O) groups excluding carboxylic acids is 1. The molecule has 1 heterocycles. The van der Waals surface area contributed by atoms with E-state index in [4.69, 9.17) is 5.73 Å². The number of carbonyl (C=O) groups is 1. The fourth-order valence-corrected chi connectivity index (χ4v) is 2.67. The number of halogens is 3. The first-order valence-electron chi connectivity index (χ1n) is 7.08. The number of piperidine rings is 1. The van der Waals surface area contributed by atoms with Crippen LogP contribution in [0.15, 0.2) is 24.3 Å². The summed E-state index contributed by atoms with van der Waals surface area (Å²) in [4.78, 5) is 13.9. The minimum Gasteiger partial charge on any atom is -0.339 e. The number of hydrogen-bond donors (Lipinski definition) is 1. The molecular formula is C15H19F3N2O. The highest BCUT2D eigenvalue weighted by molar-refractivity contribution is 5.94. The summed E-state index contributed by atoms with van der Waals surface area (Å²) in [6, 6.07) is 4.61. The van der Waals surface area contributed by atoms with Crippen molar-refractivity contribution < 1.29 is 18.0 Å². The normalized spacial score (nSPS) is 17.0. The molecule has 21 heavy (non-hydrogen) atoms. The first kappa shape index (κ1) is 15.8. The molecule has 1 aliphatic rings. The van der Waals surface area contributed by atoms with E-state index >= 15 is 0 Å². The van der Waals surface area contributed by atoms with E-state index in [9.17, 15) is 18.0 Å². The van der Waals surface area contributed by atoms with Gasteiger partial charge in [0, 0.05) is 18.7 Å². The summed E-state index contributed by atoms with van der Waals surface area (Å²) in [5, 5.41) is 0. The molecule has 1 saturated heterocycles. The van der Waals surface area contributed by atoms with Gasteiger partial charge in [-0.3, -0.25) is 4.79 Å². The van der Waals surface area contributed by atoms with Gasteiger partial charge in [-0.25, -0.2) is 0 Å². The molecular weight excluding hydrogens is 281 g/mol. The lowest BCUT2D eigenvalue weighted by Crippen LogP contribution is -2.38. The predicted molar refractivity (Wildman–Crippen MR) is 73.7 cm³/mol. The average Bonchev–Trinajstić information content (AvgIpc) is 2.47. The molecule has 3 nitrogen and oxygen atoms in total. The molecule has 0 saturated carbocycles. The molecule has 0 aromatic heterocycles. The second-order valence-corrected chi connectivity index (χ2v) is 5.39. The Labute approximate surface area is 121 Å². The monoisotopic (exact) mass is 300 g/mol. The van der Waals surface area contributed by atoms with Crippen molar-refractivity contribution in [1.29, 1.82) is 0 Å². The standard InChI is InChI=1S/C15H19F3N2O/c16-15(17,18)13-3-1-2-12(10-13)14(21)20-8-5-11(4-7-19)6-9-20/h1-3,10-11H,4-9,19H2. The molecule has 0 spiro atoms. The highest BCUT2D eigenvalue weighted by Crippen LogP contribution is 2.30. The Kier molecular flexibility index (Phi) is 4.88. The maximum Gasteiger partial charge on any atom is 0.416 e. The Bertz CT molecular complexity index is 494. The number of nitrogens with zero attached hydrogens (tertiary/aromatic N) is 1. The number of amides is 1. The number of benzene rings is 1. The van der Waals surface area contributed by atoms with Crippen LogP contribution in [0.4, 0.5) is 13.2 Å². The largest absolute Gasteiger partial charge is 0.416 e. The van der Waals surface area contributed by atoms with Crippen LogP contribution in [0.5, 0.6) is 0 Å². The molecule has 0 radical (unpaired) electrons. The zero-order valence-electron chi connectivity index (χ0n) is 11.7. The number of hydrogen-bond acceptors (Lipinski definition) is 2. The van der Waals surface area contributed by atoms with Gasteiger partial charge in [0.1, 0.15) is 0 Å². The molecule has 6 heteroatoms. The third kappa shape index (κ3) is 3.97. The third-order valence-electron chi connectivity index (χ3n) is 3.91. The Morgan fingerprint density at radius 1 is 1.29 bits per heavy atom. The fraction of sp³-hybridized carbons (Fsp3) is 0.533. The lowest BCUT2D eigenvalue weighted by Gasteiger charge is -2.32. The van der Waals surface area contributed by atoms with Crippen molar-refractivity contribution in [2.24, 2.45) is 11.7 Å². The van der Waals surface area contributed by atoms with E-state index in [0.717, 1.165) is 31.4 Å². The van der Waals surface area contributed by atoms with Gasteiger partial charge in [0.25, 0.3) is 5.91 Å². The fourth-order valence-electron chi connectivity index (χ4n) is 2.67. The van der Waals surface area contributed by atoms with Crippen LogP contribution in [0, 0.1) is 5.92 Å². The lowest BCUT2D eigenvalue weighted by molar-refractivity contribution is -0.137. The van der Waals surface area contributed by atoms with Crippen LogP contribution in [0.1, 0.15) is 35.2 Å².